The number of hydrogen-bond donors (Lipinski definition) is 0. The van der Waals surface area contributed by atoms with E-state index in [0.29, 0.717) is 0 Å². The van der Waals surface area contributed by atoms with E-state index in [1.54, 1.807) is 0 Å². The molecule has 0 aromatic heterocycles. The van der Waals surface area contributed by atoms with Crippen molar-refractivity contribution in [3.05, 3.63) is 0 Å². The molecule has 0 radical (unpaired) electrons. The van der Waals surface area contributed by atoms with E-state index in [1.165, 1.54) is 0 Å². The van der Waals surface area contributed by atoms with Crippen LogP contribution in [0, 0.1) is 0 Å². The summed E-state index contributed by atoms with van der Waals surface area (Å²) in [6.07, 6.45) is 0. The molecular weight excluding hydrogens is 288 g/mol. The molecule has 1 fully saturated rings. The second kappa shape index (κ2) is 4.33. The monoisotopic (exact) mass is 312 g/mol. The predicted octanol–water partition coefficient (Wildman–Crippen LogP) is 3.59. The molecule has 1 aliphatic rings. The third-order valence-electron chi connectivity index (χ3n) is 1.97. The minimum absolute atomic E-state index is 1.69. The van der Waals surface area contributed by atoms with Crippen molar-refractivity contribution < 1.29 is 12.3 Å². The first-order valence-corrected chi connectivity index (χ1v) is 19.3. The van der Waals surface area contributed by atoms with Crippen LogP contribution in [0.5, 0.6) is 0 Å². The molecule has 0 amide bonds. The van der Waals surface area contributed by atoms with E-state index in [2.05, 4.69) is 52.4 Å². The first-order valence-electron chi connectivity index (χ1n) is 5.63. The average Bonchev–Trinajstić information content (AvgIpc) is 1.67. The fraction of sp³-hybridized carbons (Fsp3) is 1.00. The zero-order valence-corrected chi connectivity index (χ0v) is 16.4. The molecule has 0 N–H and O–H groups in total. The smallest absolute Gasteiger partial charge is 0.313 e. The van der Waals surface area contributed by atoms with Crippen molar-refractivity contribution in [1.82, 2.24) is 0 Å². The summed E-state index contributed by atoms with van der Waals surface area (Å²) in [6, 6.07) is 0. The van der Waals surface area contributed by atoms with E-state index >= 15 is 0 Å². The summed E-state index contributed by atoms with van der Waals surface area (Å²) in [7, 11) is -5.39. The van der Waals surface area contributed by atoms with E-state index in [4.69, 9.17) is 12.3 Å². The van der Waals surface area contributed by atoms with Gasteiger partial charge in [-0.2, -0.15) is 10.7 Å². The van der Waals surface area contributed by atoms with Crippen LogP contribution in [0.15, 0.2) is 0 Å². The van der Waals surface area contributed by atoms with Gasteiger partial charge in [0.2, 0.25) is 14.9 Å². The lowest BCUT2D eigenvalue weighted by atomic mass is 11.9. The molecule has 0 atom stereocenters. The molecule has 1 heterocycles. The molecule has 8 heteroatoms. The van der Waals surface area contributed by atoms with Crippen molar-refractivity contribution in [2.24, 2.45) is 0 Å². The predicted molar refractivity (Wildman–Crippen MR) is 80.8 cm³/mol. The molecule has 1 aliphatic heterocycles. The largest absolute Gasteiger partial charge is 0.428 e. The van der Waals surface area contributed by atoms with Crippen molar-refractivity contribution in [1.29, 1.82) is 0 Å². The molecule has 16 heavy (non-hydrogen) atoms. The average molecular weight is 313 g/mol. The Morgan fingerprint density at radius 2 is 0.875 bits per heavy atom. The highest BCUT2D eigenvalue weighted by molar-refractivity contribution is 8.49. The highest BCUT2D eigenvalue weighted by Crippen LogP contribution is 2.39. The molecule has 0 aliphatic carbocycles. The molecule has 0 saturated carbocycles. The van der Waals surface area contributed by atoms with Gasteiger partial charge in [-0.3, -0.25) is 0 Å². The van der Waals surface area contributed by atoms with Crippen LogP contribution in [0.1, 0.15) is 0 Å². The third-order valence-corrected chi connectivity index (χ3v) is 28.0. The summed E-state index contributed by atoms with van der Waals surface area (Å²) < 4.78 is 18.9. The van der Waals surface area contributed by atoms with Gasteiger partial charge in [-0.25, -0.2) is 0 Å². The molecule has 0 bridgehead atoms. The van der Waals surface area contributed by atoms with Crippen LogP contribution >= 0.6 is 10.7 Å². The topological polar surface area (TPSA) is 27.7 Å². The van der Waals surface area contributed by atoms with E-state index < -0.39 is 32.1 Å². The number of rotatable bonds is 0. The standard InChI is InChI=1S/C8H24O3SSi4/c1-13(2)9-14(3,4)11-16(7,8)12-15(5,6)10-13/h1-8H3. The van der Waals surface area contributed by atoms with E-state index in [0.717, 1.165) is 0 Å². The van der Waals surface area contributed by atoms with Gasteiger partial charge in [0.1, 0.15) is 0 Å². The lowest BCUT2D eigenvalue weighted by Gasteiger charge is -2.46. The van der Waals surface area contributed by atoms with Gasteiger partial charge in [-0.1, -0.05) is 0 Å². The maximum Gasteiger partial charge on any atom is 0.313 e. The van der Waals surface area contributed by atoms with Crippen molar-refractivity contribution in [3.8, 4) is 0 Å². The Bertz CT molecular complexity index is 208. The van der Waals surface area contributed by atoms with Gasteiger partial charge in [0.15, 0.2) is 0 Å². The molecule has 1 saturated heterocycles. The fourth-order valence-corrected chi connectivity index (χ4v) is 40.1. The van der Waals surface area contributed by atoms with Crippen molar-refractivity contribution in [2.75, 3.05) is 0 Å². The maximum absolute atomic E-state index is 6.35. The molecule has 1 rings (SSSR count). The Morgan fingerprint density at radius 3 is 1.19 bits per heavy atom. The first kappa shape index (κ1) is 15.2. The van der Waals surface area contributed by atoms with Crippen molar-refractivity contribution in [3.63, 3.8) is 0 Å². The third kappa shape index (κ3) is 4.76. The van der Waals surface area contributed by atoms with Gasteiger partial charge in [-0.15, -0.1) is 0 Å². The number of hydrogen-bond acceptors (Lipinski definition) is 4. The first-order chi connectivity index (χ1) is 6.83. The SMILES string of the molecule is C[Si]1(C)O[Si](C)(C)O[Si](C)(C)S[Si](C)(C)O1. The second-order valence-electron chi connectivity index (χ2n) is 6.01. The highest BCUT2D eigenvalue weighted by Gasteiger charge is 2.49. The van der Waals surface area contributed by atoms with Crippen LogP contribution in [0.3, 0.4) is 0 Å². The summed E-state index contributed by atoms with van der Waals surface area (Å²) in [6.45, 7) is 17.6. The van der Waals surface area contributed by atoms with Crippen LogP contribution in [-0.2, 0) is 12.3 Å². The lowest BCUT2D eigenvalue weighted by Crippen LogP contribution is -2.59. The lowest BCUT2D eigenvalue weighted by molar-refractivity contribution is 0.334. The zero-order chi connectivity index (χ0) is 12.8. The Hall–Kier alpha value is 1.10. The molecule has 0 unspecified atom stereocenters. The quantitative estimate of drug-likeness (QED) is 0.639. The van der Waals surface area contributed by atoms with Crippen LogP contribution in [-0.4, -0.2) is 32.1 Å². The van der Waals surface area contributed by atoms with Crippen molar-refractivity contribution >= 4 is 42.7 Å². The minimum Gasteiger partial charge on any atom is -0.428 e. The summed E-state index contributed by atoms with van der Waals surface area (Å²) >= 11 is 0. The van der Waals surface area contributed by atoms with Gasteiger partial charge >= 0.3 is 17.1 Å². The second-order valence-corrected chi connectivity index (χ2v) is 28.2. The Morgan fingerprint density at radius 1 is 0.562 bits per heavy atom. The Labute approximate surface area is 107 Å². The molecule has 0 spiro atoms. The van der Waals surface area contributed by atoms with Crippen LogP contribution in [0.2, 0.25) is 52.4 Å². The summed E-state index contributed by atoms with van der Waals surface area (Å²) in [5, 5.41) is 0. The van der Waals surface area contributed by atoms with E-state index in [9.17, 15) is 0 Å². The molecule has 0 aromatic carbocycles. The normalized spacial score (nSPS) is 31.5. The van der Waals surface area contributed by atoms with Crippen LogP contribution < -0.4 is 0 Å². The van der Waals surface area contributed by atoms with Gasteiger partial charge in [0.05, 0.1) is 0 Å². The summed E-state index contributed by atoms with van der Waals surface area (Å²) in [5.41, 5.74) is 0. The van der Waals surface area contributed by atoms with Gasteiger partial charge in [0, 0.05) is 0 Å². The van der Waals surface area contributed by atoms with Crippen molar-refractivity contribution in [2.45, 2.75) is 52.4 Å². The minimum atomic E-state index is -2.01. The highest BCUT2D eigenvalue weighted by atomic mass is 32.5. The Kier molecular flexibility index (Phi) is 4.11. The molecule has 96 valence electrons. The maximum atomic E-state index is 6.35. The van der Waals surface area contributed by atoms with Gasteiger partial charge in [-0.05, 0) is 52.4 Å². The van der Waals surface area contributed by atoms with Gasteiger partial charge < -0.3 is 12.3 Å². The Balaban J connectivity index is 2.98. The van der Waals surface area contributed by atoms with Crippen LogP contribution in [0.4, 0.5) is 0 Å². The summed E-state index contributed by atoms with van der Waals surface area (Å²) in [5.74, 6) is 0. The molecule has 3 nitrogen and oxygen atoms in total. The fourth-order valence-electron chi connectivity index (χ4n) is 2.45. The molecular formula is C8H24O3SSi4. The van der Waals surface area contributed by atoms with Gasteiger partial charge in [0.25, 0.3) is 0 Å². The zero-order valence-electron chi connectivity index (χ0n) is 11.6. The van der Waals surface area contributed by atoms with E-state index in [-0.39, 0.29) is 0 Å². The van der Waals surface area contributed by atoms with Crippen LogP contribution in [0.25, 0.3) is 0 Å². The summed E-state index contributed by atoms with van der Waals surface area (Å²) in [4.78, 5) is 0. The molecule has 0 aromatic rings. The van der Waals surface area contributed by atoms with E-state index in [1.807, 2.05) is 10.7 Å².